The van der Waals surface area contributed by atoms with Crippen LogP contribution in [0.2, 0.25) is 0 Å². The minimum absolute atomic E-state index is 0.0198. The molecule has 0 unspecified atom stereocenters. The lowest BCUT2D eigenvalue weighted by Gasteiger charge is -2.11. The highest BCUT2D eigenvalue weighted by Crippen LogP contribution is 2.33. The Bertz CT molecular complexity index is 1530. The van der Waals surface area contributed by atoms with Crippen molar-refractivity contribution in [1.29, 1.82) is 0 Å². The number of fused-ring (bicyclic) bond motifs is 1. The Balaban J connectivity index is 1.79. The summed E-state index contributed by atoms with van der Waals surface area (Å²) in [6.45, 7) is 0.0198. The fraction of sp³-hybridized carbons (Fsp3) is 0.0455. The molecule has 0 saturated heterocycles. The zero-order valence-electron chi connectivity index (χ0n) is 16.6. The van der Waals surface area contributed by atoms with Gasteiger partial charge in [-0.15, -0.1) is 5.10 Å². The molecule has 0 amide bonds. The van der Waals surface area contributed by atoms with Crippen LogP contribution in [0.15, 0.2) is 76.6 Å². The topological polar surface area (TPSA) is 124 Å². The van der Waals surface area contributed by atoms with Crippen molar-refractivity contribution in [2.24, 2.45) is 0 Å². The molecule has 0 spiro atoms. The first-order valence-corrected chi connectivity index (χ1v) is 9.65. The maximum atomic E-state index is 13.2. The molecule has 0 radical (unpaired) electrons. The first-order valence-electron chi connectivity index (χ1n) is 9.65. The minimum Gasteiger partial charge on any atom is -0.369 e. The van der Waals surface area contributed by atoms with Crippen LogP contribution in [0, 0.1) is 5.82 Å². The van der Waals surface area contributed by atoms with Crippen molar-refractivity contribution in [1.82, 2.24) is 29.1 Å². The van der Waals surface area contributed by atoms with Crippen molar-refractivity contribution in [3.05, 3.63) is 99.3 Å². The van der Waals surface area contributed by atoms with Gasteiger partial charge in [-0.3, -0.25) is 9.78 Å². The van der Waals surface area contributed by atoms with Crippen molar-refractivity contribution in [3.8, 4) is 22.4 Å². The third kappa shape index (κ3) is 3.33. The van der Waals surface area contributed by atoms with Crippen LogP contribution in [-0.4, -0.2) is 29.1 Å². The molecule has 0 saturated carbocycles. The van der Waals surface area contributed by atoms with Crippen LogP contribution in [0.25, 0.3) is 28.0 Å². The highest BCUT2D eigenvalue weighted by Gasteiger charge is 2.21. The van der Waals surface area contributed by atoms with E-state index in [4.69, 9.17) is 5.73 Å². The number of H-pyrrole nitrogens is 1. The number of halogens is 1. The van der Waals surface area contributed by atoms with Gasteiger partial charge in [-0.1, -0.05) is 30.3 Å². The third-order valence-electron chi connectivity index (χ3n) is 4.98. The number of nitrogen functional groups attached to an aromatic ring is 1. The number of hydrogen-bond donors (Lipinski definition) is 2. The summed E-state index contributed by atoms with van der Waals surface area (Å²) in [5.41, 5.74) is 8.54. The van der Waals surface area contributed by atoms with Gasteiger partial charge in [0.05, 0.1) is 29.7 Å². The van der Waals surface area contributed by atoms with Crippen LogP contribution in [0.5, 0.6) is 0 Å². The van der Waals surface area contributed by atoms with Gasteiger partial charge >= 0.3 is 5.69 Å². The standard InChI is InChI=1S/C22H16FN7O2/c23-15-7-8-16(25-11-15)12-29-22(32)30-20(28-29)18(14-6-9-17(31)26-10-14)19(27-21(30)24)13-4-2-1-3-5-13/h1-11H,12H2,(H2,24,27)(H,26,31). The molecule has 32 heavy (non-hydrogen) atoms. The maximum Gasteiger partial charge on any atom is 0.353 e. The normalized spacial score (nSPS) is 11.2. The number of rotatable bonds is 4. The summed E-state index contributed by atoms with van der Waals surface area (Å²) in [7, 11) is 0. The predicted molar refractivity (Wildman–Crippen MR) is 116 cm³/mol. The molecule has 0 bridgehead atoms. The molecule has 10 heteroatoms. The molecule has 0 fully saturated rings. The predicted octanol–water partition coefficient (Wildman–Crippen LogP) is 2.08. The van der Waals surface area contributed by atoms with Gasteiger partial charge in [-0.2, -0.15) is 0 Å². The molecule has 5 aromatic rings. The number of nitrogens with one attached hydrogen (secondary N) is 1. The van der Waals surface area contributed by atoms with Crippen LogP contribution in [0.4, 0.5) is 10.3 Å². The largest absolute Gasteiger partial charge is 0.369 e. The van der Waals surface area contributed by atoms with Crippen molar-refractivity contribution < 1.29 is 4.39 Å². The molecule has 4 aromatic heterocycles. The van der Waals surface area contributed by atoms with Crippen LogP contribution < -0.4 is 17.0 Å². The zero-order chi connectivity index (χ0) is 22.2. The van der Waals surface area contributed by atoms with Crippen LogP contribution in [-0.2, 0) is 6.54 Å². The number of hydrogen-bond acceptors (Lipinski definition) is 6. The second kappa shape index (κ2) is 7.58. The monoisotopic (exact) mass is 429 g/mol. The molecule has 0 aliphatic rings. The number of pyridine rings is 2. The molecule has 3 N–H and O–H groups in total. The van der Waals surface area contributed by atoms with E-state index >= 15 is 0 Å². The molecule has 0 atom stereocenters. The lowest BCUT2D eigenvalue weighted by molar-refractivity contribution is 0.609. The van der Waals surface area contributed by atoms with E-state index < -0.39 is 11.5 Å². The third-order valence-corrected chi connectivity index (χ3v) is 4.98. The number of aromatic amines is 1. The summed E-state index contributed by atoms with van der Waals surface area (Å²) in [4.78, 5) is 35.8. The average Bonchev–Trinajstić information content (AvgIpc) is 3.13. The smallest absolute Gasteiger partial charge is 0.353 e. The molecule has 9 nitrogen and oxygen atoms in total. The van der Waals surface area contributed by atoms with Crippen molar-refractivity contribution in [2.45, 2.75) is 6.54 Å². The van der Waals surface area contributed by atoms with Gasteiger partial charge in [-0.05, 0) is 18.2 Å². The summed E-state index contributed by atoms with van der Waals surface area (Å²) < 4.78 is 15.6. The van der Waals surface area contributed by atoms with Crippen LogP contribution >= 0.6 is 0 Å². The van der Waals surface area contributed by atoms with E-state index in [-0.39, 0.29) is 23.7 Å². The Hall–Kier alpha value is -4.60. The summed E-state index contributed by atoms with van der Waals surface area (Å²) in [5, 5.41) is 4.50. The number of anilines is 1. The Morgan fingerprint density at radius 3 is 2.50 bits per heavy atom. The van der Waals surface area contributed by atoms with Crippen LogP contribution in [0.1, 0.15) is 5.69 Å². The van der Waals surface area contributed by atoms with Gasteiger partial charge in [0.15, 0.2) is 5.65 Å². The van der Waals surface area contributed by atoms with Gasteiger partial charge in [0.25, 0.3) is 0 Å². The van der Waals surface area contributed by atoms with Gasteiger partial charge in [0.2, 0.25) is 11.5 Å². The zero-order valence-corrected chi connectivity index (χ0v) is 16.6. The molecule has 0 aliphatic heterocycles. The number of nitrogens with two attached hydrogens (primary N) is 1. The Labute approximate surface area is 179 Å². The average molecular weight is 429 g/mol. The maximum absolute atomic E-state index is 13.2. The highest BCUT2D eigenvalue weighted by atomic mass is 19.1. The van der Waals surface area contributed by atoms with Gasteiger partial charge in [0, 0.05) is 23.4 Å². The van der Waals surface area contributed by atoms with Crippen molar-refractivity contribution >= 4 is 11.6 Å². The lowest BCUT2D eigenvalue weighted by Crippen LogP contribution is -2.24. The fourth-order valence-corrected chi connectivity index (χ4v) is 3.50. The van der Waals surface area contributed by atoms with Gasteiger partial charge in [-0.25, -0.2) is 23.3 Å². The second-order valence-corrected chi connectivity index (χ2v) is 7.07. The number of benzene rings is 1. The van der Waals surface area contributed by atoms with E-state index in [9.17, 15) is 14.0 Å². The molecule has 1 aromatic carbocycles. The van der Waals surface area contributed by atoms with E-state index in [1.54, 1.807) is 6.07 Å². The molecule has 5 rings (SSSR count). The second-order valence-electron chi connectivity index (χ2n) is 7.07. The van der Waals surface area contributed by atoms with E-state index in [1.807, 2.05) is 30.3 Å². The van der Waals surface area contributed by atoms with E-state index in [0.29, 0.717) is 22.5 Å². The van der Waals surface area contributed by atoms with Crippen molar-refractivity contribution in [2.75, 3.05) is 5.73 Å². The summed E-state index contributed by atoms with van der Waals surface area (Å²) in [5.74, 6) is -0.507. The first-order chi connectivity index (χ1) is 15.5. The quantitative estimate of drug-likeness (QED) is 0.451. The number of aromatic nitrogens is 6. The van der Waals surface area contributed by atoms with Gasteiger partial charge < -0.3 is 10.7 Å². The lowest BCUT2D eigenvalue weighted by atomic mass is 10.0. The van der Waals surface area contributed by atoms with Crippen molar-refractivity contribution in [3.63, 3.8) is 0 Å². The number of nitrogens with zero attached hydrogens (tertiary/aromatic N) is 5. The van der Waals surface area contributed by atoms with E-state index in [0.717, 1.165) is 11.8 Å². The van der Waals surface area contributed by atoms with Gasteiger partial charge in [0.1, 0.15) is 5.82 Å². The van der Waals surface area contributed by atoms with E-state index in [2.05, 4.69) is 20.1 Å². The summed E-state index contributed by atoms with van der Waals surface area (Å²) >= 11 is 0. The fourth-order valence-electron chi connectivity index (χ4n) is 3.50. The Morgan fingerprint density at radius 2 is 1.81 bits per heavy atom. The SMILES string of the molecule is Nc1nc(-c2ccccc2)c(-c2ccc(=O)[nH]c2)c2nn(Cc3ccc(F)cn3)c(=O)n12. The Morgan fingerprint density at radius 1 is 1.00 bits per heavy atom. The summed E-state index contributed by atoms with van der Waals surface area (Å²) in [6, 6.07) is 15.1. The van der Waals surface area contributed by atoms with E-state index in [1.165, 1.54) is 33.5 Å². The Kier molecular flexibility index (Phi) is 4.59. The highest BCUT2D eigenvalue weighted by molar-refractivity contribution is 5.90. The molecular formula is C22H16FN7O2. The molecular weight excluding hydrogens is 413 g/mol. The molecule has 4 heterocycles. The summed E-state index contributed by atoms with van der Waals surface area (Å²) in [6.07, 6.45) is 2.61. The first kappa shape index (κ1) is 19.4. The van der Waals surface area contributed by atoms with Crippen LogP contribution in [0.3, 0.4) is 0 Å². The minimum atomic E-state index is -0.513. The molecule has 158 valence electrons. The molecule has 0 aliphatic carbocycles.